The maximum atomic E-state index is 12.0. The molecule has 2 atom stereocenters. The van der Waals surface area contributed by atoms with Crippen molar-refractivity contribution < 1.29 is 14.3 Å². The molecule has 24 heavy (non-hydrogen) atoms. The molecule has 1 N–H and O–H groups in total. The normalized spacial score (nSPS) is 21.3. The summed E-state index contributed by atoms with van der Waals surface area (Å²) in [5, 5.41) is 3.58. The molecule has 0 aliphatic carbocycles. The van der Waals surface area contributed by atoms with Crippen molar-refractivity contribution in [2.24, 2.45) is 0 Å². The van der Waals surface area contributed by atoms with Crippen LogP contribution in [0.25, 0.3) is 0 Å². The monoisotopic (exact) mass is 324 g/mol. The Bertz CT molecular complexity index is 790. The molecular weight excluding hydrogens is 304 g/mol. The van der Waals surface area contributed by atoms with Crippen LogP contribution in [0.4, 0.5) is 11.4 Å². The maximum Gasteiger partial charge on any atom is 0.231 e. The van der Waals surface area contributed by atoms with Gasteiger partial charge in [0, 0.05) is 30.4 Å². The fraction of sp³-hybridized carbons (Fsp3) is 0.316. The molecule has 0 aromatic heterocycles. The zero-order valence-electron chi connectivity index (χ0n) is 13.8. The third-order valence-electron chi connectivity index (χ3n) is 4.64. The quantitative estimate of drug-likeness (QED) is 0.915. The molecule has 0 fully saturated rings. The van der Waals surface area contributed by atoms with Crippen molar-refractivity contribution in [2.75, 3.05) is 17.0 Å². The minimum absolute atomic E-state index is 0.0801. The Balaban J connectivity index is 1.66. The predicted molar refractivity (Wildman–Crippen MR) is 92.6 cm³/mol. The van der Waals surface area contributed by atoms with Crippen LogP contribution >= 0.6 is 0 Å². The second-order valence-corrected chi connectivity index (χ2v) is 6.30. The van der Waals surface area contributed by atoms with E-state index in [9.17, 15) is 4.79 Å². The number of fused-ring (bicyclic) bond motifs is 2. The third-order valence-corrected chi connectivity index (χ3v) is 4.64. The molecule has 0 bridgehead atoms. The Kier molecular flexibility index (Phi) is 3.56. The second-order valence-electron chi connectivity index (χ2n) is 6.30. The van der Waals surface area contributed by atoms with Crippen LogP contribution in [0.3, 0.4) is 0 Å². The minimum Gasteiger partial charge on any atom is -0.454 e. The number of ether oxygens (including phenoxy) is 2. The lowest BCUT2D eigenvalue weighted by Crippen LogP contribution is -2.43. The average molecular weight is 324 g/mol. The van der Waals surface area contributed by atoms with Crippen molar-refractivity contribution in [1.29, 1.82) is 0 Å². The summed E-state index contributed by atoms with van der Waals surface area (Å²) in [6.07, 6.45) is 0.852. The molecule has 0 radical (unpaired) electrons. The van der Waals surface area contributed by atoms with Crippen LogP contribution in [0.1, 0.15) is 31.9 Å². The SMILES string of the molecule is CC(=O)N1c2ccccc2C(Nc2ccc3c(c2)OCO3)CC1C. The van der Waals surface area contributed by atoms with Crippen molar-refractivity contribution >= 4 is 17.3 Å². The van der Waals surface area contributed by atoms with E-state index < -0.39 is 0 Å². The fourth-order valence-electron chi connectivity index (χ4n) is 3.62. The molecule has 2 aromatic carbocycles. The van der Waals surface area contributed by atoms with Gasteiger partial charge in [0.1, 0.15) is 0 Å². The van der Waals surface area contributed by atoms with Crippen LogP contribution < -0.4 is 19.7 Å². The highest BCUT2D eigenvalue weighted by Gasteiger charge is 2.32. The highest BCUT2D eigenvalue weighted by Crippen LogP contribution is 2.40. The standard InChI is InChI=1S/C19H20N2O3/c1-12-9-16(15-5-3-4-6-17(15)21(12)13(2)22)20-14-7-8-18-19(10-14)24-11-23-18/h3-8,10,12,16,20H,9,11H2,1-2H3. The number of rotatable bonds is 2. The van der Waals surface area contributed by atoms with Gasteiger partial charge in [-0.2, -0.15) is 0 Å². The second kappa shape index (κ2) is 5.74. The number of carbonyl (C=O) groups is 1. The molecule has 0 spiro atoms. The largest absolute Gasteiger partial charge is 0.454 e. The molecule has 2 aliphatic rings. The van der Waals surface area contributed by atoms with E-state index in [1.807, 2.05) is 41.3 Å². The number of nitrogens with zero attached hydrogens (tertiary/aromatic N) is 1. The highest BCUT2D eigenvalue weighted by atomic mass is 16.7. The van der Waals surface area contributed by atoms with Crippen molar-refractivity contribution in [3.05, 3.63) is 48.0 Å². The Morgan fingerprint density at radius 2 is 1.96 bits per heavy atom. The summed E-state index contributed by atoms with van der Waals surface area (Å²) in [4.78, 5) is 13.9. The van der Waals surface area contributed by atoms with Crippen molar-refractivity contribution in [3.63, 3.8) is 0 Å². The molecule has 2 heterocycles. The van der Waals surface area contributed by atoms with Gasteiger partial charge < -0.3 is 19.7 Å². The van der Waals surface area contributed by atoms with E-state index in [2.05, 4.69) is 18.3 Å². The summed E-state index contributed by atoms with van der Waals surface area (Å²) < 4.78 is 10.8. The Hall–Kier alpha value is -2.69. The van der Waals surface area contributed by atoms with Gasteiger partial charge in [-0.05, 0) is 37.1 Å². The van der Waals surface area contributed by atoms with Crippen molar-refractivity contribution in [3.8, 4) is 11.5 Å². The van der Waals surface area contributed by atoms with E-state index in [4.69, 9.17) is 9.47 Å². The van der Waals surface area contributed by atoms with Gasteiger partial charge in [0.2, 0.25) is 12.7 Å². The zero-order valence-corrected chi connectivity index (χ0v) is 13.8. The average Bonchev–Trinajstić information content (AvgIpc) is 3.02. The maximum absolute atomic E-state index is 12.0. The summed E-state index contributed by atoms with van der Waals surface area (Å²) >= 11 is 0. The van der Waals surface area contributed by atoms with Gasteiger partial charge in [-0.15, -0.1) is 0 Å². The number of nitrogens with one attached hydrogen (secondary N) is 1. The lowest BCUT2D eigenvalue weighted by molar-refractivity contribution is -0.117. The number of anilines is 2. The molecular formula is C19H20N2O3. The molecule has 2 aromatic rings. The summed E-state index contributed by atoms with van der Waals surface area (Å²) in [7, 11) is 0. The number of benzene rings is 2. The number of carbonyl (C=O) groups excluding carboxylic acids is 1. The summed E-state index contributed by atoms with van der Waals surface area (Å²) in [5.74, 6) is 1.62. The Labute approximate surface area is 141 Å². The van der Waals surface area contributed by atoms with E-state index in [1.54, 1.807) is 6.92 Å². The molecule has 5 nitrogen and oxygen atoms in total. The Morgan fingerprint density at radius 1 is 1.17 bits per heavy atom. The molecule has 0 saturated carbocycles. The highest BCUT2D eigenvalue weighted by molar-refractivity contribution is 5.93. The lowest BCUT2D eigenvalue weighted by atomic mass is 9.91. The van der Waals surface area contributed by atoms with Crippen LogP contribution in [0, 0.1) is 0 Å². The van der Waals surface area contributed by atoms with Gasteiger partial charge in [0.05, 0.1) is 6.04 Å². The van der Waals surface area contributed by atoms with Gasteiger partial charge in [-0.25, -0.2) is 0 Å². The molecule has 124 valence electrons. The third kappa shape index (κ3) is 2.46. The predicted octanol–water partition coefficient (Wildman–Crippen LogP) is 3.71. The first-order valence-electron chi connectivity index (χ1n) is 8.18. The van der Waals surface area contributed by atoms with Crippen LogP contribution in [0.15, 0.2) is 42.5 Å². The summed E-state index contributed by atoms with van der Waals surface area (Å²) in [6, 6.07) is 14.3. The summed E-state index contributed by atoms with van der Waals surface area (Å²) in [6.45, 7) is 3.99. The van der Waals surface area contributed by atoms with E-state index >= 15 is 0 Å². The topological polar surface area (TPSA) is 50.8 Å². The van der Waals surface area contributed by atoms with Gasteiger partial charge in [0.25, 0.3) is 0 Å². The minimum atomic E-state index is 0.0801. The van der Waals surface area contributed by atoms with Crippen molar-refractivity contribution in [2.45, 2.75) is 32.4 Å². The van der Waals surface area contributed by atoms with E-state index in [-0.39, 0.29) is 24.8 Å². The van der Waals surface area contributed by atoms with Gasteiger partial charge in [0.15, 0.2) is 11.5 Å². The number of para-hydroxylation sites is 1. The summed E-state index contributed by atoms with van der Waals surface area (Å²) in [5.41, 5.74) is 3.12. The first-order chi connectivity index (χ1) is 11.6. The number of hydrogen-bond donors (Lipinski definition) is 1. The number of amides is 1. The number of hydrogen-bond acceptors (Lipinski definition) is 4. The molecule has 2 unspecified atom stereocenters. The Morgan fingerprint density at radius 3 is 2.79 bits per heavy atom. The van der Waals surface area contributed by atoms with E-state index in [0.717, 1.165) is 34.9 Å². The fourth-order valence-corrected chi connectivity index (χ4v) is 3.62. The van der Waals surface area contributed by atoms with Gasteiger partial charge in [-0.3, -0.25) is 4.79 Å². The molecule has 5 heteroatoms. The van der Waals surface area contributed by atoms with Crippen molar-refractivity contribution in [1.82, 2.24) is 0 Å². The smallest absolute Gasteiger partial charge is 0.231 e. The molecule has 1 amide bonds. The van der Waals surface area contributed by atoms with Gasteiger partial charge >= 0.3 is 0 Å². The van der Waals surface area contributed by atoms with Crippen LogP contribution in [0.2, 0.25) is 0 Å². The van der Waals surface area contributed by atoms with Crippen LogP contribution in [-0.4, -0.2) is 18.7 Å². The van der Waals surface area contributed by atoms with E-state index in [0.29, 0.717) is 0 Å². The zero-order chi connectivity index (χ0) is 16.7. The molecule has 4 rings (SSSR count). The molecule has 2 aliphatic heterocycles. The molecule has 0 saturated heterocycles. The van der Waals surface area contributed by atoms with Crippen LogP contribution in [0.5, 0.6) is 11.5 Å². The van der Waals surface area contributed by atoms with Crippen LogP contribution in [-0.2, 0) is 4.79 Å². The van der Waals surface area contributed by atoms with E-state index in [1.165, 1.54) is 0 Å². The first kappa shape index (κ1) is 14.9. The lowest BCUT2D eigenvalue weighted by Gasteiger charge is -2.39. The first-order valence-corrected chi connectivity index (χ1v) is 8.18. The van der Waals surface area contributed by atoms with Gasteiger partial charge in [-0.1, -0.05) is 18.2 Å².